The molecule has 0 atom stereocenters. The fraction of sp³-hybridized carbons (Fsp3) is 0.280. The smallest absolute Gasteiger partial charge is 0.261 e. The number of imidazole rings is 1. The van der Waals surface area contributed by atoms with Crippen LogP contribution in [0.25, 0.3) is 10.8 Å². The molecule has 1 aliphatic rings. The number of aryl methyl sites for hydroxylation is 1. The number of carbonyl (C=O) groups excluding carboxylic acids is 2. The van der Waals surface area contributed by atoms with Crippen LogP contribution in [0, 0.1) is 0 Å². The summed E-state index contributed by atoms with van der Waals surface area (Å²) in [5.74, 6) is 0.0503. The van der Waals surface area contributed by atoms with Crippen molar-refractivity contribution >= 4 is 46.1 Å². The third-order valence-electron chi connectivity index (χ3n) is 5.79. The van der Waals surface area contributed by atoms with Crippen LogP contribution < -0.4 is 5.43 Å². The van der Waals surface area contributed by atoms with Crippen LogP contribution in [0.5, 0.6) is 0 Å². The van der Waals surface area contributed by atoms with Crippen molar-refractivity contribution in [2.45, 2.75) is 32.7 Å². The number of hydrogen-bond acceptors (Lipinski definition) is 6. The van der Waals surface area contributed by atoms with E-state index in [1.807, 2.05) is 10.6 Å². The van der Waals surface area contributed by atoms with Gasteiger partial charge in [-0.1, -0.05) is 43.2 Å². The summed E-state index contributed by atoms with van der Waals surface area (Å²) in [5.41, 5.74) is 5.17. The van der Waals surface area contributed by atoms with Crippen molar-refractivity contribution in [2.24, 2.45) is 5.10 Å². The zero-order chi connectivity index (χ0) is 24.2. The van der Waals surface area contributed by atoms with Crippen molar-refractivity contribution in [1.82, 2.24) is 14.5 Å². The number of nitrogens with one attached hydrogen (secondary N) is 1. The number of amides is 2. The van der Waals surface area contributed by atoms with Crippen LogP contribution in [0.1, 0.15) is 52.0 Å². The predicted octanol–water partition coefficient (Wildman–Crippen LogP) is 4.25. The minimum atomic E-state index is -0.419. The third kappa shape index (κ3) is 4.22. The molecule has 0 saturated carbocycles. The predicted molar refractivity (Wildman–Crippen MR) is 134 cm³/mol. The number of rotatable bonds is 10. The maximum Gasteiger partial charge on any atom is 0.261 e. The first-order chi connectivity index (χ1) is 16.5. The minimum absolute atomic E-state index is 0.0445. The Morgan fingerprint density at radius 3 is 2.68 bits per heavy atom. The van der Waals surface area contributed by atoms with Gasteiger partial charge in [-0.2, -0.15) is 5.10 Å². The summed E-state index contributed by atoms with van der Waals surface area (Å²) in [5, 5.41) is 15.3. The van der Waals surface area contributed by atoms with Crippen LogP contribution in [0.15, 0.2) is 48.1 Å². The summed E-state index contributed by atoms with van der Waals surface area (Å²) in [6.07, 6.45) is 6.28. The fourth-order valence-electron chi connectivity index (χ4n) is 4.17. The highest BCUT2D eigenvalue weighted by molar-refractivity contribution is 6.31. The Morgan fingerprint density at radius 2 is 1.97 bits per heavy atom. The number of halogens is 1. The van der Waals surface area contributed by atoms with Crippen LogP contribution in [0.4, 0.5) is 5.69 Å². The van der Waals surface area contributed by atoms with Crippen molar-refractivity contribution in [3.05, 3.63) is 70.8 Å². The van der Waals surface area contributed by atoms with Gasteiger partial charge in [-0.3, -0.25) is 19.9 Å². The number of nitrogens with zero attached hydrogens (tertiary/aromatic N) is 4. The molecule has 0 radical (unpaired) electrons. The highest BCUT2D eigenvalue weighted by Crippen LogP contribution is 2.34. The molecule has 1 aliphatic heterocycles. The Labute approximate surface area is 202 Å². The van der Waals surface area contributed by atoms with E-state index >= 15 is 0 Å². The van der Waals surface area contributed by atoms with Crippen LogP contribution >= 0.6 is 11.6 Å². The molecule has 0 aliphatic carbocycles. The number of aromatic nitrogens is 2. The Bertz CT molecular complexity index is 1280. The summed E-state index contributed by atoms with van der Waals surface area (Å²) in [6.45, 7) is 6.18. The molecule has 0 fully saturated rings. The molecule has 0 bridgehead atoms. The molecule has 2 amide bonds. The van der Waals surface area contributed by atoms with E-state index in [2.05, 4.69) is 29.0 Å². The normalized spacial score (nSPS) is 13.3. The topological polar surface area (TPSA) is 99.8 Å². The van der Waals surface area contributed by atoms with Gasteiger partial charge in [0, 0.05) is 34.9 Å². The summed E-state index contributed by atoms with van der Waals surface area (Å²) >= 11 is 6.40. The fourth-order valence-corrected chi connectivity index (χ4v) is 4.42. The molecule has 0 spiro atoms. The highest BCUT2D eigenvalue weighted by Gasteiger charge is 2.32. The first-order valence-electron chi connectivity index (χ1n) is 11.2. The second kappa shape index (κ2) is 10.2. The Balaban J connectivity index is 1.67. The van der Waals surface area contributed by atoms with Gasteiger partial charge in [0.05, 0.1) is 25.1 Å². The van der Waals surface area contributed by atoms with Crippen molar-refractivity contribution in [2.75, 3.05) is 18.6 Å². The van der Waals surface area contributed by atoms with E-state index in [1.54, 1.807) is 36.6 Å². The van der Waals surface area contributed by atoms with Crippen molar-refractivity contribution in [3.63, 3.8) is 0 Å². The lowest BCUT2D eigenvalue weighted by Crippen LogP contribution is -2.41. The van der Waals surface area contributed by atoms with E-state index in [0.717, 1.165) is 30.0 Å². The average molecular weight is 480 g/mol. The number of imide groups is 1. The number of allylic oxidation sites excluding steroid dienone is 1. The van der Waals surface area contributed by atoms with Crippen LogP contribution in [-0.2, 0) is 13.0 Å². The number of unbranched alkanes of at least 4 members (excludes halogenated alkanes) is 1. The number of aliphatic hydroxyl groups is 1. The van der Waals surface area contributed by atoms with Gasteiger partial charge >= 0.3 is 0 Å². The second-order valence-corrected chi connectivity index (χ2v) is 8.31. The average Bonchev–Trinajstić information content (AvgIpc) is 3.13. The molecular formula is C25H26ClN5O3. The third-order valence-corrected chi connectivity index (χ3v) is 6.07. The highest BCUT2D eigenvalue weighted by atomic mass is 35.5. The maximum atomic E-state index is 12.8. The van der Waals surface area contributed by atoms with Gasteiger partial charge in [0.25, 0.3) is 11.8 Å². The number of carbonyl (C=O) groups is 2. The number of β-amino-alcohol motifs (C(OH)–C–C–N with tert-alkyl or cyclic N) is 1. The number of anilines is 1. The van der Waals surface area contributed by atoms with Crippen LogP contribution in [0.2, 0.25) is 5.15 Å². The lowest BCUT2D eigenvalue weighted by Gasteiger charge is -2.27. The number of benzene rings is 2. The molecule has 2 aromatic carbocycles. The number of hydrazone groups is 1. The zero-order valence-corrected chi connectivity index (χ0v) is 19.7. The first kappa shape index (κ1) is 23.7. The van der Waals surface area contributed by atoms with E-state index in [4.69, 9.17) is 11.6 Å². The molecule has 34 heavy (non-hydrogen) atoms. The SMILES string of the molecule is C=CCn1c(CCCC)nc(Cl)c1/C=N/Nc1ccc2c3c(cccc13)C(=O)N(CCO)C2=O. The van der Waals surface area contributed by atoms with Gasteiger partial charge < -0.3 is 9.67 Å². The Hall–Kier alpha value is -3.49. The van der Waals surface area contributed by atoms with Crippen LogP contribution in [-0.4, -0.2) is 50.7 Å². The van der Waals surface area contributed by atoms with E-state index in [-0.39, 0.29) is 13.2 Å². The van der Waals surface area contributed by atoms with Gasteiger partial charge in [-0.05, 0) is 24.6 Å². The van der Waals surface area contributed by atoms with Crippen LogP contribution in [0.3, 0.4) is 0 Å². The number of aliphatic hydroxyl groups excluding tert-OH is 1. The first-order valence-corrected chi connectivity index (χ1v) is 11.6. The molecule has 1 aromatic heterocycles. The second-order valence-electron chi connectivity index (χ2n) is 7.95. The lowest BCUT2D eigenvalue weighted by atomic mass is 9.93. The van der Waals surface area contributed by atoms with E-state index < -0.39 is 11.8 Å². The molecule has 4 rings (SSSR count). The quantitative estimate of drug-likeness (QED) is 0.196. The number of hydrogen-bond donors (Lipinski definition) is 2. The molecule has 8 nitrogen and oxygen atoms in total. The largest absolute Gasteiger partial charge is 0.395 e. The summed E-state index contributed by atoms with van der Waals surface area (Å²) in [7, 11) is 0. The van der Waals surface area contributed by atoms with Crippen molar-refractivity contribution in [1.29, 1.82) is 0 Å². The zero-order valence-electron chi connectivity index (χ0n) is 18.9. The Morgan fingerprint density at radius 1 is 1.21 bits per heavy atom. The van der Waals surface area contributed by atoms with E-state index in [0.29, 0.717) is 45.0 Å². The molecule has 2 heterocycles. The van der Waals surface area contributed by atoms with Gasteiger partial charge in [-0.15, -0.1) is 6.58 Å². The van der Waals surface area contributed by atoms with Gasteiger partial charge in [0.1, 0.15) is 11.5 Å². The monoisotopic (exact) mass is 479 g/mol. The van der Waals surface area contributed by atoms with Crippen molar-refractivity contribution < 1.29 is 14.7 Å². The summed E-state index contributed by atoms with van der Waals surface area (Å²) in [6, 6.07) is 8.69. The molecule has 0 saturated heterocycles. The molecule has 2 N–H and O–H groups in total. The molecule has 176 valence electrons. The molecule has 9 heteroatoms. The van der Waals surface area contributed by atoms with Gasteiger partial charge in [0.15, 0.2) is 5.15 Å². The lowest BCUT2D eigenvalue weighted by molar-refractivity contribution is 0.0580. The molecule has 3 aromatic rings. The molecule has 0 unspecified atom stereocenters. The van der Waals surface area contributed by atoms with Crippen molar-refractivity contribution in [3.8, 4) is 0 Å². The van der Waals surface area contributed by atoms with Gasteiger partial charge in [-0.25, -0.2) is 4.98 Å². The standard InChI is InChI=1S/C25H26ClN5O3/c1-3-5-9-21-28-23(26)20(30(21)12-4-2)15-27-29-19-11-10-18-22-16(19)7-6-8-17(22)24(33)31(13-14-32)25(18)34/h4,6-8,10-11,15,29,32H,2-3,5,9,12-14H2,1H3/b27-15+. The maximum absolute atomic E-state index is 12.8. The van der Waals surface area contributed by atoms with E-state index in [9.17, 15) is 14.7 Å². The van der Waals surface area contributed by atoms with E-state index in [1.165, 1.54) is 0 Å². The minimum Gasteiger partial charge on any atom is -0.395 e. The molecular weight excluding hydrogens is 454 g/mol. The van der Waals surface area contributed by atoms with Gasteiger partial charge in [0.2, 0.25) is 0 Å². The Kier molecular flexibility index (Phi) is 7.09. The summed E-state index contributed by atoms with van der Waals surface area (Å²) < 4.78 is 1.99. The summed E-state index contributed by atoms with van der Waals surface area (Å²) in [4.78, 5) is 31.2.